The van der Waals surface area contributed by atoms with Gasteiger partial charge < -0.3 is 5.11 Å². The molecule has 1 saturated carbocycles. The summed E-state index contributed by atoms with van der Waals surface area (Å²) in [6, 6.07) is 20.5. The first-order chi connectivity index (χ1) is 13.2. The number of Topliss-reactive ketones (excluding diaryl/α,β-unsaturated/α-hetero) is 1. The van der Waals surface area contributed by atoms with E-state index in [2.05, 4.69) is 51.8 Å². The van der Waals surface area contributed by atoms with Crippen molar-refractivity contribution in [3.8, 4) is 0 Å². The Labute approximate surface area is 175 Å². The lowest BCUT2D eigenvalue weighted by Crippen LogP contribution is -2.48. The molecule has 0 amide bonds. The maximum atomic E-state index is 12.4. The second-order valence-electron chi connectivity index (χ2n) is 7.52. The first kappa shape index (κ1) is 20.5. The van der Waals surface area contributed by atoms with E-state index in [0.29, 0.717) is 10.3 Å². The number of hydrogen-bond donors (Lipinski definition) is 1. The lowest BCUT2D eigenvalue weighted by Gasteiger charge is -2.39. The molecule has 0 bridgehead atoms. The summed E-state index contributed by atoms with van der Waals surface area (Å²) >= 11 is 2.06. The maximum Gasteiger partial charge on any atom is 0.172 e. The number of nitrogens with zero attached hydrogens (tertiary/aromatic N) is 1. The van der Waals surface area contributed by atoms with Crippen LogP contribution >= 0.6 is 22.6 Å². The molecule has 27 heavy (non-hydrogen) atoms. The molecule has 2 atom stereocenters. The van der Waals surface area contributed by atoms with E-state index >= 15 is 0 Å². The third-order valence-electron chi connectivity index (χ3n) is 5.55. The highest BCUT2D eigenvalue weighted by Crippen LogP contribution is 2.33. The van der Waals surface area contributed by atoms with Crippen molar-refractivity contribution in [3.05, 3.63) is 71.8 Å². The van der Waals surface area contributed by atoms with Crippen molar-refractivity contribution >= 4 is 28.4 Å². The molecule has 0 saturated heterocycles. The number of rotatable bonds is 10. The molecule has 3 rings (SSSR count). The lowest BCUT2D eigenvalue weighted by atomic mass is 9.79. The molecular weight excluding hydrogens is 449 g/mol. The third kappa shape index (κ3) is 5.87. The van der Waals surface area contributed by atoms with E-state index < -0.39 is 6.10 Å². The largest absolute Gasteiger partial charge is 0.384 e. The molecule has 1 aliphatic rings. The first-order valence-corrected chi connectivity index (χ1v) is 11.3. The number of ketones is 1. The van der Waals surface area contributed by atoms with Gasteiger partial charge in [-0.25, -0.2) is 0 Å². The average molecular weight is 477 g/mol. The second-order valence-corrected chi connectivity index (χ2v) is 8.28. The highest BCUT2D eigenvalue weighted by molar-refractivity contribution is 14.1. The highest BCUT2D eigenvalue weighted by Gasteiger charge is 2.34. The Morgan fingerprint density at radius 3 is 1.93 bits per heavy atom. The summed E-state index contributed by atoms with van der Waals surface area (Å²) in [6.07, 6.45) is 3.67. The molecule has 0 unspecified atom stereocenters. The summed E-state index contributed by atoms with van der Waals surface area (Å²) in [4.78, 5) is 14.7. The van der Waals surface area contributed by atoms with E-state index in [1.54, 1.807) is 0 Å². The third-order valence-corrected chi connectivity index (χ3v) is 6.30. The zero-order chi connectivity index (χ0) is 19.1. The minimum absolute atomic E-state index is 0.0638. The van der Waals surface area contributed by atoms with Crippen LogP contribution < -0.4 is 0 Å². The SMILES string of the molecule is O=C(CI)[C@@H](O)[C@H](CC1CCC1)N(Cc1ccccc1)Cc1ccccc1. The van der Waals surface area contributed by atoms with Crippen molar-refractivity contribution in [2.24, 2.45) is 5.92 Å². The molecule has 3 nitrogen and oxygen atoms in total. The van der Waals surface area contributed by atoms with Crippen molar-refractivity contribution in [2.45, 2.75) is 50.9 Å². The quantitative estimate of drug-likeness (QED) is 0.402. The average Bonchev–Trinajstić information content (AvgIpc) is 2.67. The number of aliphatic hydroxyl groups excluding tert-OH is 1. The van der Waals surface area contributed by atoms with Crippen LogP contribution in [0.1, 0.15) is 36.8 Å². The predicted octanol–water partition coefficient (Wildman–Crippen LogP) is 4.61. The number of alkyl halides is 1. The number of hydrogen-bond acceptors (Lipinski definition) is 3. The molecule has 0 aliphatic heterocycles. The molecule has 0 aromatic heterocycles. The van der Waals surface area contributed by atoms with Crippen molar-refractivity contribution < 1.29 is 9.90 Å². The van der Waals surface area contributed by atoms with Crippen LogP contribution in [0, 0.1) is 5.92 Å². The van der Waals surface area contributed by atoms with Crippen molar-refractivity contribution in [2.75, 3.05) is 4.43 Å². The number of aliphatic hydroxyl groups is 1. The fourth-order valence-electron chi connectivity index (χ4n) is 3.77. The van der Waals surface area contributed by atoms with Crippen LogP contribution in [0.25, 0.3) is 0 Å². The number of halogens is 1. The predicted molar refractivity (Wildman–Crippen MR) is 118 cm³/mol. The summed E-state index contributed by atoms with van der Waals surface area (Å²) in [7, 11) is 0. The smallest absolute Gasteiger partial charge is 0.172 e. The normalized spacial score (nSPS) is 16.7. The van der Waals surface area contributed by atoms with E-state index in [-0.39, 0.29) is 11.8 Å². The number of carbonyl (C=O) groups is 1. The highest BCUT2D eigenvalue weighted by atomic mass is 127. The van der Waals surface area contributed by atoms with Gasteiger partial charge in [0, 0.05) is 19.1 Å². The number of benzene rings is 2. The van der Waals surface area contributed by atoms with Gasteiger partial charge in [-0.15, -0.1) is 0 Å². The Morgan fingerprint density at radius 2 is 1.52 bits per heavy atom. The van der Waals surface area contributed by atoms with Crippen LogP contribution in [0.2, 0.25) is 0 Å². The van der Waals surface area contributed by atoms with Gasteiger partial charge in [0.1, 0.15) is 6.10 Å². The van der Waals surface area contributed by atoms with Gasteiger partial charge in [-0.2, -0.15) is 0 Å². The fraction of sp³-hybridized carbons (Fsp3) is 0.435. The molecule has 0 heterocycles. The zero-order valence-electron chi connectivity index (χ0n) is 15.6. The van der Waals surface area contributed by atoms with Crippen molar-refractivity contribution in [3.63, 3.8) is 0 Å². The van der Waals surface area contributed by atoms with Crippen LogP contribution in [0.4, 0.5) is 0 Å². The molecule has 1 N–H and O–H groups in total. The fourth-order valence-corrected chi connectivity index (χ4v) is 4.22. The van der Waals surface area contributed by atoms with Gasteiger partial charge >= 0.3 is 0 Å². The van der Waals surface area contributed by atoms with Crippen molar-refractivity contribution in [1.82, 2.24) is 4.90 Å². The first-order valence-electron chi connectivity index (χ1n) is 9.76. The van der Waals surface area contributed by atoms with E-state index in [9.17, 15) is 9.90 Å². The summed E-state index contributed by atoms with van der Waals surface area (Å²) in [5, 5.41) is 10.9. The minimum atomic E-state index is -0.921. The zero-order valence-corrected chi connectivity index (χ0v) is 17.8. The summed E-state index contributed by atoms with van der Waals surface area (Å²) in [5.74, 6) is 0.562. The molecule has 144 valence electrons. The molecule has 1 fully saturated rings. The second kappa shape index (κ2) is 10.3. The van der Waals surface area contributed by atoms with Crippen LogP contribution in [-0.2, 0) is 17.9 Å². The standard InChI is InChI=1S/C23H28INO2/c24-15-22(26)23(27)21(14-18-12-7-13-18)25(16-19-8-3-1-4-9-19)17-20-10-5-2-6-11-20/h1-6,8-11,18,21,23,27H,7,12-17H2/t21-,23-/m0/s1. The van der Waals surface area contributed by atoms with Gasteiger partial charge in [-0.05, 0) is 23.5 Å². The van der Waals surface area contributed by atoms with Crippen molar-refractivity contribution in [1.29, 1.82) is 0 Å². The molecule has 4 heteroatoms. The molecule has 2 aromatic carbocycles. The minimum Gasteiger partial charge on any atom is -0.384 e. The molecule has 1 aliphatic carbocycles. The Bertz CT molecular complexity index is 661. The molecule has 0 spiro atoms. The maximum absolute atomic E-state index is 12.4. The van der Waals surface area contributed by atoms with Gasteiger partial charge in [0.15, 0.2) is 5.78 Å². The monoisotopic (exact) mass is 477 g/mol. The summed E-state index contributed by atoms with van der Waals surface area (Å²) in [5.41, 5.74) is 2.42. The van der Waals surface area contributed by atoms with E-state index in [1.165, 1.54) is 30.4 Å². The Balaban J connectivity index is 1.85. The van der Waals surface area contributed by atoms with E-state index in [4.69, 9.17) is 0 Å². The molecule has 2 aromatic rings. The van der Waals surface area contributed by atoms with E-state index in [0.717, 1.165) is 19.5 Å². The van der Waals surface area contributed by atoms with Crippen LogP contribution in [0.3, 0.4) is 0 Å². The van der Waals surface area contributed by atoms with Gasteiger partial charge in [0.2, 0.25) is 0 Å². The van der Waals surface area contributed by atoms with Crippen LogP contribution in [0.5, 0.6) is 0 Å². The molecular formula is C23H28INO2. The lowest BCUT2D eigenvalue weighted by molar-refractivity contribution is -0.129. The van der Waals surface area contributed by atoms with Gasteiger partial charge in [-0.1, -0.05) is 103 Å². The molecule has 0 radical (unpaired) electrons. The Hall–Kier alpha value is -1.24. The number of carbonyl (C=O) groups excluding carboxylic acids is 1. The topological polar surface area (TPSA) is 40.5 Å². The summed E-state index contributed by atoms with van der Waals surface area (Å²) < 4.78 is 0.352. The van der Waals surface area contributed by atoms with Gasteiger partial charge in [0.05, 0.1) is 4.43 Å². The van der Waals surface area contributed by atoms with E-state index in [1.807, 2.05) is 36.4 Å². The summed E-state index contributed by atoms with van der Waals surface area (Å²) in [6.45, 7) is 1.47. The van der Waals surface area contributed by atoms with Gasteiger partial charge in [0.25, 0.3) is 0 Å². The Kier molecular flexibility index (Phi) is 7.85. The Morgan fingerprint density at radius 1 is 1.00 bits per heavy atom. The van der Waals surface area contributed by atoms with Gasteiger partial charge in [-0.3, -0.25) is 9.69 Å². The van der Waals surface area contributed by atoms with Crippen LogP contribution in [0.15, 0.2) is 60.7 Å². The van der Waals surface area contributed by atoms with Crippen LogP contribution in [-0.4, -0.2) is 32.4 Å².